The van der Waals surface area contributed by atoms with E-state index in [0.29, 0.717) is 6.54 Å². The van der Waals surface area contributed by atoms with Crippen LogP contribution >= 0.6 is 0 Å². The van der Waals surface area contributed by atoms with E-state index in [0.717, 1.165) is 11.1 Å². The summed E-state index contributed by atoms with van der Waals surface area (Å²) in [6.07, 6.45) is -0.666. The lowest BCUT2D eigenvalue weighted by molar-refractivity contribution is 0.0260. The third-order valence-electron chi connectivity index (χ3n) is 1.78. The predicted molar refractivity (Wildman–Crippen MR) is 66.9 cm³/mol. The molecule has 0 unspecified atom stereocenters. The van der Waals surface area contributed by atoms with Gasteiger partial charge >= 0.3 is 6.09 Å². The molecule has 16 heavy (non-hydrogen) atoms. The first-order chi connectivity index (χ1) is 7.05. The highest BCUT2D eigenvalue weighted by Gasteiger charge is 2.24. The van der Waals surface area contributed by atoms with Gasteiger partial charge in [0.05, 0.1) is 5.29 Å². The minimum atomic E-state index is -1.29. The first-order valence-corrected chi connectivity index (χ1v) is 9.10. The molecule has 6 heteroatoms. The molecule has 0 fully saturated rings. The van der Waals surface area contributed by atoms with Gasteiger partial charge in [-0.05, 0) is 26.8 Å². The number of hydrogen-bond donors (Lipinski definition) is 0. The zero-order valence-electron chi connectivity index (χ0n) is 11.0. The fourth-order valence-corrected chi connectivity index (χ4v) is 1.80. The van der Waals surface area contributed by atoms with E-state index in [9.17, 15) is 9.70 Å². The van der Waals surface area contributed by atoms with Gasteiger partial charge in [-0.25, -0.2) is 4.79 Å². The van der Waals surface area contributed by atoms with E-state index in [1.54, 1.807) is 20.8 Å². The third kappa shape index (κ3) is 7.39. The number of nitrogens with zero attached hydrogens (tertiary/aromatic N) is 2. The number of ether oxygens (including phenoxy) is 1. The molecule has 5 nitrogen and oxygen atoms in total. The van der Waals surface area contributed by atoms with Crippen molar-refractivity contribution in [3.8, 4) is 0 Å². The number of amides is 1. The maximum Gasteiger partial charge on any atom is 0.433 e. The van der Waals surface area contributed by atoms with E-state index >= 15 is 0 Å². The van der Waals surface area contributed by atoms with Crippen molar-refractivity contribution >= 4 is 14.2 Å². The Labute approximate surface area is 98.1 Å². The Morgan fingerprint density at radius 2 is 1.81 bits per heavy atom. The summed E-state index contributed by atoms with van der Waals surface area (Å²) in [6.45, 7) is 12.1. The zero-order valence-corrected chi connectivity index (χ0v) is 12.0. The summed E-state index contributed by atoms with van der Waals surface area (Å²) < 4.78 is 5.06. The number of carbonyl (C=O) groups is 1. The van der Waals surface area contributed by atoms with Crippen LogP contribution in [0.15, 0.2) is 5.29 Å². The summed E-state index contributed by atoms with van der Waals surface area (Å²) in [5.41, 5.74) is -0.598. The second kappa shape index (κ2) is 5.43. The van der Waals surface area contributed by atoms with Crippen LogP contribution in [0, 0.1) is 4.91 Å². The van der Waals surface area contributed by atoms with Gasteiger partial charge in [-0.2, -0.15) is 5.01 Å². The topological polar surface area (TPSA) is 59.0 Å². The molecule has 0 radical (unpaired) electrons. The molecule has 0 saturated carbocycles. The zero-order chi connectivity index (χ0) is 13.0. The van der Waals surface area contributed by atoms with Crippen molar-refractivity contribution in [3.63, 3.8) is 0 Å². The Morgan fingerprint density at radius 1 is 1.31 bits per heavy atom. The van der Waals surface area contributed by atoms with Gasteiger partial charge in [0.15, 0.2) is 0 Å². The molecule has 0 aliphatic heterocycles. The Hall–Kier alpha value is -0.913. The second-order valence-corrected chi connectivity index (χ2v) is 11.6. The molecule has 0 aromatic carbocycles. The summed E-state index contributed by atoms with van der Waals surface area (Å²) in [5, 5.41) is 3.57. The highest BCUT2D eigenvalue weighted by Crippen LogP contribution is 2.13. The summed E-state index contributed by atoms with van der Waals surface area (Å²) in [7, 11) is -1.29. The van der Waals surface area contributed by atoms with Crippen LogP contribution in [0.3, 0.4) is 0 Å². The van der Waals surface area contributed by atoms with Crippen LogP contribution in [-0.2, 0) is 4.74 Å². The molecule has 0 spiro atoms. The smallest absolute Gasteiger partial charge is 0.433 e. The molecular weight excluding hydrogens is 224 g/mol. The van der Waals surface area contributed by atoms with Gasteiger partial charge in [-0.1, -0.05) is 19.6 Å². The lowest BCUT2D eigenvalue weighted by atomic mass is 10.2. The van der Waals surface area contributed by atoms with Crippen LogP contribution in [0.4, 0.5) is 4.79 Å². The molecule has 0 rings (SSSR count). The molecule has 1 amide bonds. The highest BCUT2D eigenvalue weighted by molar-refractivity contribution is 6.76. The SMILES string of the molecule is CC(C)(C)OC(=O)N(CC[Si](C)(C)C)N=O. The quantitative estimate of drug-likeness (QED) is 0.434. The van der Waals surface area contributed by atoms with Crippen LogP contribution in [0.25, 0.3) is 0 Å². The Morgan fingerprint density at radius 3 is 2.12 bits per heavy atom. The molecule has 0 atom stereocenters. The Bertz CT molecular complexity index is 256. The van der Waals surface area contributed by atoms with Crippen LogP contribution in [0.2, 0.25) is 25.7 Å². The Balaban J connectivity index is 4.29. The van der Waals surface area contributed by atoms with E-state index < -0.39 is 19.8 Å². The first kappa shape index (κ1) is 15.1. The van der Waals surface area contributed by atoms with E-state index in [2.05, 4.69) is 24.9 Å². The lowest BCUT2D eigenvalue weighted by Gasteiger charge is -2.24. The molecule has 0 saturated heterocycles. The summed E-state index contributed by atoms with van der Waals surface area (Å²) in [6, 6.07) is 0.831. The molecule has 0 bridgehead atoms. The lowest BCUT2D eigenvalue weighted by Crippen LogP contribution is -2.36. The van der Waals surface area contributed by atoms with Gasteiger partial charge < -0.3 is 4.74 Å². The van der Waals surface area contributed by atoms with E-state index in [4.69, 9.17) is 4.74 Å². The molecule has 0 aromatic heterocycles. The number of carbonyl (C=O) groups excluding carboxylic acids is 1. The van der Waals surface area contributed by atoms with E-state index in [1.165, 1.54) is 0 Å². The predicted octanol–water partition coefficient (Wildman–Crippen LogP) is 3.24. The summed E-state index contributed by atoms with van der Waals surface area (Å²) in [4.78, 5) is 22.1. The van der Waals surface area contributed by atoms with Crippen molar-refractivity contribution in [3.05, 3.63) is 4.91 Å². The van der Waals surface area contributed by atoms with E-state index in [-0.39, 0.29) is 0 Å². The monoisotopic (exact) mass is 246 g/mol. The fraction of sp³-hybridized carbons (Fsp3) is 0.900. The highest BCUT2D eigenvalue weighted by atomic mass is 28.3. The maximum atomic E-state index is 11.5. The van der Waals surface area contributed by atoms with E-state index in [1.807, 2.05) is 0 Å². The molecule has 0 N–H and O–H groups in total. The van der Waals surface area contributed by atoms with Crippen molar-refractivity contribution in [2.45, 2.75) is 52.1 Å². The molecule has 0 aliphatic rings. The normalized spacial score (nSPS) is 12.1. The molecule has 94 valence electrons. The van der Waals surface area contributed by atoms with Crippen molar-refractivity contribution in [1.29, 1.82) is 0 Å². The Kier molecular flexibility index (Phi) is 5.12. The van der Waals surface area contributed by atoms with Crippen LogP contribution in [0.5, 0.6) is 0 Å². The molecule has 0 aromatic rings. The van der Waals surface area contributed by atoms with Crippen LogP contribution in [0.1, 0.15) is 20.8 Å². The van der Waals surface area contributed by atoms with Gasteiger partial charge in [-0.3, -0.25) is 0 Å². The van der Waals surface area contributed by atoms with Gasteiger partial charge in [0.2, 0.25) is 0 Å². The van der Waals surface area contributed by atoms with Gasteiger partial charge in [0.1, 0.15) is 5.60 Å². The summed E-state index contributed by atoms with van der Waals surface area (Å²) >= 11 is 0. The third-order valence-corrected chi connectivity index (χ3v) is 3.50. The number of rotatable bonds is 4. The number of nitroso groups, excluding NO2 is 1. The maximum absolute atomic E-state index is 11.5. The largest absolute Gasteiger partial charge is 0.442 e. The molecule has 0 heterocycles. The van der Waals surface area contributed by atoms with Crippen molar-refractivity contribution in [2.24, 2.45) is 5.29 Å². The first-order valence-electron chi connectivity index (χ1n) is 5.39. The van der Waals surface area contributed by atoms with Crippen molar-refractivity contribution in [2.75, 3.05) is 6.54 Å². The molecular formula is C10H22N2O3Si. The fourth-order valence-electron chi connectivity index (χ4n) is 0.921. The number of hydrogen-bond acceptors (Lipinski definition) is 4. The standard InChI is InChI=1S/C10H22N2O3Si/c1-10(2,3)15-9(13)12(11-14)7-8-16(4,5)6/h7-8H2,1-6H3. The van der Waals surface area contributed by atoms with Gasteiger partial charge in [-0.15, -0.1) is 4.91 Å². The van der Waals surface area contributed by atoms with Crippen LogP contribution in [-0.4, -0.2) is 31.3 Å². The van der Waals surface area contributed by atoms with Gasteiger partial charge in [0.25, 0.3) is 0 Å². The van der Waals surface area contributed by atoms with Crippen molar-refractivity contribution < 1.29 is 9.53 Å². The van der Waals surface area contributed by atoms with Crippen molar-refractivity contribution in [1.82, 2.24) is 5.01 Å². The second-order valence-electron chi connectivity index (χ2n) is 6.00. The average Bonchev–Trinajstić information content (AvgIpc) is 1.99. The van der Waals surface area contributed by atoms with Gasteiger partial charge in [0, 0.05) is 14.6 Å². The summed E-state index contributed by atoms with van der Waals surface area (Å²) in [5.74, 6) is 0. The minimum absolute atomic E-state index is 0.341. The average molecular weight is 246 g/mol. The minimum Gasteiger partial charge on any atom is -0.442 e. The molecule has 0 aliphatic carbocycles. The van der Waals surface area contributed by atoms with Crippen LogP contribution < -0.4 is 0 Å².